The largest absolute Gasteiger partial charge is 0.394 e. The molecule has 16 heavy (non-hydrogen) atoms. The van der Waals surface area contributed by atoms with Crippen molar-refractivity contribution in [2.75, 3.05) is 18.5 Å². The highest BCUT2D eigenvalue weighted by Crippen LogP contribution is 2.22. The fourth-order valence-electron chi connectivity index (χ4n) is 1.13. The molecule has 0 bridgehead atoms. The maximum Gasteiger partial charge on any atom is 0.144 e. The minimum Gasteiger partial charge on any atom is -0.394 e. The molecular weight excluding hydrogens is 230 g/mol. The second-order valence-electron chi connectivity index (χ2n) is 3.28. The van der Waals surface area contributed by atoms with Crippen molar-refractivity contribution in [1.82, 2.24) is 4.98 Å². The normalized spacial score (nSPS) is 11.9. The maximum atomic E-state index is 9.16. The third kappa shape index (κ3) is 2.83. The SMILES string of the molecule is Cc1c(Cl)cnc(NC[C@H](O)CO)c1C#N. The standard InChI is InChI=1S/C10H12ClN3O2/c1-6-8(2-12)10(14-4-9(6)11)13-3-7(16)5-15/h4,7,15-16H,3,5H2,1H3,(H,13,14)/t7-/m0/s1. The number of rotatable bonds is 4. The maximum absolute atomic E-state index is 9.16. The number of aliphatic hydroxyl groups is 2. The first-order valence-electron chi connectivity index (χ1n) is 4.68. The summed E-state index contributed by atoms with van der Waals surface area (Å²) in [5, 5.41) is 29.9. The van der Waals surface area contributed by atoms with Gasteiger partial charge in [0, 0.05) is 12.7 Å². The van der Waals surface area contributed by atoms with E-state index in [0.29, 0.717) is 22.0 Å². The molecule has 6 heteroatoms. The average molecular weight is 242 g/mol. The Hall–Kier alpha value is -1.35. The van der Waals surface area contributed by atoms with Gasteiger partial charge in [0.1, 0.15) is 11.9 Å². The monoisotopic (exact) mass is 241 g/mol. The molecule has 0 aliphatic carbocycles. The molecule has 86 valence electrons. The van der Waals surface area contributed by atoms with Crippen LogP contribution in [-0.2, 0) is 0 Å². The fraction of sp³-hybridized carbons (Fsp3) is 0.400. The van der Waals surface area contributed by atoms with Crippen LogP contribution in [-0.4, -0.2) is 34.5 Å². The van der Waals surface area contributed by atoms with Crippen LogP contribution in [0, 0.1) is 18.3 Å². The number of halogens is 1. The highest BCUT2D eigenvalue weighted by molar-refractivity contribution is 6.31. The Bertz CT molecular complexity index is 417. The van der Waals surface area contributed by atoms with E-state index in [2.05, 4.69) is 10.3 Å². The number of nitrogens with zero attached hydrogens (tertiary/aromatic N) is 2. The van der Waals surface area contributed by atoms with Crippen LogP contribution in [0.5, 0.6) is 0 Å². The number of hydrogen-bond acceptors (Lipinski definition) is 5. The van der Waals surface area contributed by atoms with Crippen LogP contribution in [0.25, 0.3) is 0 Å². The molecule has 0 spiro atoms. The van der Waals surface area contributed by atoms with Crippen molar-refractivity contribution in [3.05, 3.63) is 22.3 Å². The van der Waals surface area contributed by atoms with Crippen LogP contribution in [0.3, 0.4) is 0 Å². The third-order valence-corrected chi connectivity index (χ3v) is 2.49. The van der Waals surface area contributed by atoms with Crippen molar-refractivity contribution in [3.8, 4) is 6.07 Å². The zero-order chi connectivity index (χ0) is 12.1. The van der Waals surface area contributed by atoms with Gasteiger partial charge in [0.2, 0.25) is 0 Å². The predicted molar refractivity (Wildman–Crippen MR) is 60.3 cm³/mol. The Labute approximate surface area is 98.3 Å². The number of anilines is 1. The van der Waals surface area contributed by atoms with Gasteiger partial charge in [0.15, 0.2) is 0 Å². The van der Waals surface area contributed by atoms with Crippen LogP contribution in [0.15, 0.2) is 6.20 Å². The van der Waals surface area contributed by atoms with E-state index in [1.54, 1.807) is 6.92 Å². The third-order valence-electron chi connectivity index (χ3n) is 2.10. The van der Waals surface area contributed by atoms with Gasteiger partial charge in [-0.05, 0) is 12.5 Å². The summed E-state index contributed by atoms with van der Waals surface area (Å²) in [5.41, 5.74) is 0.984. The Kier molecular flexibility index (Phi) is 4.50. The van der Waals surface area contributed by atoms with Crippen LogP contribution < -0.4 is 5.32 Å². The van der Waals surface area contributed by atoms with Gasteiger partial charge in [-0.2, -0.15) is 5.26 Å². The minimum absolute atomic E-state index is 0.124. The van der Waals surface area contributed by atoms with Crippen molar-refractivity contribution in [2.24, 2.45) is 0 Å². The summed E-state index contributed by atoms with van der Waals surface area (Å²) in [5.74, 6) is 0.358. The molecule has 1 atom stereocenters. The van der Waals surface area contributed by atoms with E-state index >= 15 is 0 Å². The summed E-state index contributed by atoms with van der Waals surface area (Å²) in [6.07, 6.45) is 0.551. The number of hydrogen-bond donors (Lipinski definition) is 3. The lowest BCUT2D eigenvalue weighted by atomic mass is 10.1. The Morgan fingerprint density at radius 2 is 2.38 bits per heavy atom. The summed E-state index contributed by atoms with van der Waals surface area (Å²) in [7, 11) is 0. The van der Waals surface area contributed by atoms with E-state index in [-0.39, 0.29) is 13.2 Å². The van der Waals surface area contributed by atoms with E-state index < -0.39 is 6.10 Å². The van der Waals surface area contributed by atoms with Crippen molar-refractivity contribution < 1.29 is 10.2 Å². The Balaban J connectivity index is 2.89. The van der Waals surface area contributed by atoms with Gasteiger partial charge in [-0.1, -0.05) is 11.6 Å². The van der Waals surface area contributed by atoms with Gasteiger partial charge in [0.05, 0.1) is 23.3 Å². The number of nitriles is 1. The van der Waals surface area contributed by atoms with Gasteiger partial charge < -0.3 is 15.5 Å². The molecule has 5 nitrogen and oxygen atoms in total. The molecule has 0 unspecified atom stereocenters. The van der Waals surface area contributed by atoms with Crippen molar-refractivity contribution in [1.29, 1.82) is 5.26 Å². The predicted octanol–water partition coefficient (Wildman–Crippen LogP) is 0.680. The number of aliphatic hydroxyl groups excluding tert-OH is 2. The van der Waals surface area contributed by atoms with Crippen molar-refractivity contribution in [3.63, 3.8) is 0 Å². The number of nitrogens with one attached hydrogen (secondary N) is 1. The highest BCUT2D eigenvalue weighted by atomic mass is 35.5. The molecule has 0 saturated heterocycles. The highest BCUT2D eigenvalue weighted by Gasteiger charge is 2.11. The van der Waals surface area contributed by atoms with Gasteiger partial charge in [-0.3, -0.25) is 0 Å². The second kappa shape index (κ2) is 5.66. The summed E-state index contributed by atoms with van der Waals surface area (Å²) in [6.45, 7) is 1.50. The van der Waals surface area contributed by atoms with Gasteiger partial charge in [-0.15, -0.1) is 0 Å². The molecule has 0 radical (unpaired) electrons. The summed E-state index contributed by atoms with van der Waals surface area (Å²) >= 11 is 5.82. The molecule has 0 saturated carbocycles. The lowest BCUT2D eigenvalue weighted by Gasteiger charge is -2.12. The first-order chi connectivity index (χ1) is 7.60. The Morgan fingerprint density at radius 3 is 2.94 bits per heavy atom. The summed E-state index contributed by atoms with van der Waals surface area (Å²) < 4.78 is 0. The minimum atomic E-state index is -0.885. The van der Waals surface area contributed by atoms with E-state index in [9.17, 15) is 0 Å². The van der Waals surface area contributed by atoms with Gasteiger partial charge >= 0.3 is 0 Å². The molecule has 3 N–H and O–H groups in total. The zero-order valence-corrected chi connectivity index (χ0v) is 9.49. The average Bonchev–Trinajstić information content (AvgIpc) is 2.30. The molecule has 1 aromatic heterocycles. The van der Waals surface area contributed by atoms with Crippen LogP contribution in [0.1, 0.15) is 11.1 Å². The van der Waals surface area contributed by atoms with E-state index in [1.807, 2.05) is 6.07 Å². The molecular formula is C10H12ClN3O2. The van der Waals surface area contributed by atoms with E-state index in [4.69, 9.17) is 27.1 Å². The molecule has 0 aliphatic rings. The van der Waals surface area contributed by atoms with Crippen molar-refractivity contribution in [2.45, 2.75) is 13.0 Å². The fourth-order valence-corrected chi connectivity index (χ4v) is 1.27. The lowest BCUT2D eigenvalue weighted by Crippen LogP contribution is -2.23. The number of pyridine rings is 1. The van der Waals surface area contributed by atoms with Crippen LogP contribution in [0.2, 0.25) is 5.02 Å². The van der Waals surface area contributed by atoms with E-state index in [1.165, 1.54) is 6.20 Å². The molecule has 0 fully saturated rings. The molecule has 0 aromatic carbocycles. The molecule has 0 amide bonds. The second-order valence-corrected chi connectivity index (χ2v) is 3.69. The van der Waals surface area contributed by atoms with Crippen LogP contribution in [0.4, 0.5) is 5.82 Å². The van der Waals surface area contributed by atoms with Crippen LogP contribution >= 0.6 is 11.6 Å². The zero-order valence-electron chi connectivity index (χ0n) is 8.74. The first kappa shape index (κ1) is 12.7. The lowest BCUT2D eigenvalue weighted by molar-refractivity contribution is 0.105. The molecule has 1 heterocycles. The topological polar surface area (TPSA) is 89.2 Å². The van der Waals surface area contributed by atoms with Gasteiger partial charge in [-0.25, -0.2) is 4.98 Å². The smallest absolute Gasteiger partial charge is 0.144 e. The Morgan fingerprint density at radius 1 is 1.69 bits per heavy atom. The summed E-state index contributed by atoms with van der Waals surface area (Å²) in [6, 6.07) is 1.99. The number of aromatic nitrogens is 1. The summed E-state index contributed by atoms with van der Waals surface area (Å²) in [4.78, 5) is 3.96. The van der Waals surface area contributed by atoms with E-state index in [0.717, 1.165) is 0 Å². The quantitative estimate of drug-likeness (QED) is 0.721. The first-order valence-corrected chi connectivity index (χ1v) is 5.06. The molecule has 0 aliphatic heterocycles. The molecule has 1 aromatic rings. The van der Waals surface area contributed by atoms with Gasteiger partial charge in [0.25, 0.3) is 0 Å². The molecule has 1 rings (SSSR count). The van der Waals surface area contributed by atoms with Crippen molar-refractivity contribution >= 4 is 17.4 Å².